The third-order valence-electron chi connectivity index (χ3n) is 3.78. The van der Waals surface area contributed by atoms with E-state index in [0.717, 1.165) is 37.6 Å². The van der Waals surface area contributed by atoms with Crippen molar-refractivity contribution in [3.8, 4) is 0 Å². The summed E-state index contributed by atoms with van der Waals surface area (Å²) in [4.78, 5) is 22.7. The Hall–Kier alpha value is -1.49. The summed E-state index contributed by atoms with van der Waals surface area (Å²) >= 11 is 0. The Bertz CT molecular complexity index is 480. The zero-order valence-electron chi connectivity index (χ0n) is 10.8. The van der Waals surface area contributed by atoms with Crippen molar-refractivity contribution in [3.63, 3.8) is 0 Å². The van der Waals surface area contributed by atoms with Crippen molar-refractivity contribution in [1.29, 1.82) is 0 Å². The van der Waals surface area contributed by atoms with Crippen LogP contribution in [0, 0.1) is 0 Å². The van der Waals surface area contributed by atoms with Gasteiger partial charge in [-0.15, -0.1) is 0 Å². The summed E-state index contributed by atoms with van der Waals surface area (Å²) in [5, 5.41) is 3.32. The Labute approximate surface area is 107 Å². The van der Waals surface area contributed by atoms with E-state index in [-0.39, 0.29) is 17.4 Å². The van der Waals surface area contributed by atoms with Crippen molar-refractivity contribution >= 4 is 11.7 Å². The van der Waals surface area contributed by atoms with Crippen LogP contribution in [0.4, 0.5) is 5.82 Å². The van der Waals surface area contributed by atoms with E-state index in [9.17, 15) is 4.79 Å². The molecule has 1 N–H and O–H groups in total. The first-order valence-electron chi connectivity index (χ1n) is 6.52. The maximum atomic E-state index is 12.3. The Balaban J connectivity index is 1.81. The molecule has 18 heavy (non-hydrogen) atoms. The number of nitrogens with one attached hydrogen (secondary N) is 1. The van der Waals surface area contributed by atoms with Crippen molar-refractivity contribution in [3.05, 3.63) is 18.1 Å². The number of nitrogens with zero attached hydrogens (tertiary/aromatic N) is 3. The summed E-state index contributed by atoms with van der Waals surface area (Å²) in [5.41, 5.74) is -0.289. The number of amides is 1. The minimum atomic E-state index is -0.289. The van der Waals surface area contributed by atoms with Crippen LogP contribution in [-0.4, -0.2) is 34.5 Å². The first-order chi connectivity index (χ1) is 8.62. The molecule has 1 unspecified atom stereocenters. The van der Waals surface area contributed by atoms with Gasteiger partial charge < -0.3 is 5.32 Å². The molecule has 1 aromatic heterocycles. The topological polar surface area (TPSA) is 58.1 Å². The van der Waals surface area contributed by atoms with Gasteiger partial charge in [-0.25, -0.2) is 9.97 Å². The smallest absolute Gasteiger partial charge is 0.250 e. The van der Waals surface area contributed by atoms with Crippen LogP contribution in [0.2, 0.25) is 0 Å². The number of rotatable bonds is 2. The predicted octanol–water partition coefficient (Wildman–Crippen LogP) is 1.07. The third kappa shape index (κ3) is 1.61. The summed E-state index contributed by atoms with van der Waals surface area (Å²) in [6, 6.07) is 1.81. The van der Waals surface area contributed by atoms with E-state index in [2.05, 4.69) is 29.1 Å². The first kappa shape index (κ1) is 11.6. The van der Waals surface area contributed by atoms with Crippen molar-refractivity contribution < 1.29 is 4.79 Å². The monoisotopic (exact) mass is 246 g/mol. The number of anilines is 1. The van der Waals surface area contributed by atoms with E-state index in [1.165, 1.54) is 0 Å². The zero-order valence-corrected chi connectivity index (χ0v) is 10.8. The summed E-state index contributed by atoms with van der Waals surface area (Å²) in [6.45, 7) is 5.79. The Morgan fingerprint density at radius 2 is 2.33 bits per heavy atom. The minimum absolute atomic E-state index is 0.161. The lowest BCUT2D eigenvalue weighted by Gasteiger charge is -2.46. The number of hydrogen-bond donors (Lipinski definition) is 1. The highest BCUT2D eigenvalue weighted by Gasteiger charge is 2.54. The van der Waals surface area contributed by atoms with Crippen LogP contribution in [0.1, 0.15) is 38.4 Å². The number of hydrogen-bond acceptors (Lipinski definition) is 4. The van der Waals surface area contributed by atoms with Crippen LogP contribution < -0.4 is 10.2 Å². The minimum Gasteiger partial charge on any atom is -0.302 e. The molecule has 96 valence electrons. The fraction of sp³-hybridized carbons (Fsp3) is 0.615. The molecule has 0 radical (unpaired) electrons. The second-order valence-corrected chi connectivity index (χ2v) is 5.43. The van der Waals surface area contributed by atoms with Gasteiger partial charge >= 0.3 is 0 Å². The number of aromatic nitrogens is 2. The molecule has 1 amide bonds. The van der Waals surface area contributed by atoms with Gasteiger partial charge in [0.2, 0.25) is 5.91 Å². The van der Waals surface area contributed by atoms with Crippen molar-refractivity contribution in [1.82, 2.24) is 15.3 Å². The van der Waals surface area contributed by atoms with Crippen LogP contribution in [0.15, 0.2) is 12.3 Å². The Morgan fingerprint density at radius 1 is 1.50 bits per heavy atom. The van der Waals surface area contributed by atoms with Gasteiger partial charge in [-0.1, -0.05) is 13.8 Å². The third-order valence-corrected chi connectivity index (χ3v) is 3.78. The van der Waals surface area contributed by atoms with Crippen molar-refractivity contribution in [2.24, 2.45) is 0 Å². The van der Waals surface area contributed by atoms with Gasteiger partial charge in [0.05, 0.1) is 6.54 Å². The van der Waals surface area contributed by atoms with E-state index >= 15 is 0 Å². The highest BCUT2D eigenvalue weighted by Crippen LogP contribution is 2.34. The van der Waals surface area contributed by atoms with Gasteiger partial charge in [-0.2, -0.15) is 0 Å². The summed E-state index contributed by atoms with van der Waals surface area (Å²) < 4.78 is 0. The molecule has 2 aliphatic heterocycles. The summed E-state index contributed by atoms with van der Waals surface area (Å²) in [7, 11) is 0. The fourth-order valence-corrected chi connectivity index (χ4v) is 2.68. The molecule has 2 aliphatic rings. The number of carbonyl (C=O) groups excluding carboxylic acids is 1. The molecule has 0 saturated carbocycles. The highest BCUT2D eigenvalue weighted by molar-refractivity contribution is 6.07. The molecule has 3 heterocycles. The number of β-lactam (4-membered cyclic amide) rings is 1. The molecule has 5 heteroatoms. The molecule has 0 bridgehead atoms. The van der Waals surface area contributed by atoms with Gasteiger partial charge in [0, 0.05) is 12.1 Å². The second-order valence-electron chi connectivity index (χ2n) is 5.43. The van der Waals surface area contributed by atoms with Crippen LogP contribution >= 0.6 is 0 Å². The van der Waals surface area contributed by atoms with E-state index < -0.39 is 0 Å². The molecule has 5 nitrogen and oxygen atoms in total. The van der Waals surface area contributed by atoms with Crippen molar-refractivity contribution in [2.75, 3.05) is 18.0 Å². The average molecular weight is 246 g/mol. The van der Waals surface area contributed by atoms with Crippen LogP contribution in [0.5, 0.6) is 0 Å². The molecular formula is C13H18N4O. The van der Waals surface area contributed by atoms with Gasteiger partial charge in [-0.3, -0.25) is 9.69 Å². The normalized spacial score (nSPS) is 27.1. The summed E-state index contributed by atoms with van der Waals surface area (Å²) in [6.07, 6.45) is 3.77. The maximum absolute atomic E-state index is 12.3. The lowest BCUT2D eigenvalue weighted by molar-refractivity contribution is -0.130. The quantitative estimate of drug-likeness (QED) is 0.793. The largest absolute Gasteiger partial charge is 0.302 e. The fourth-order valence-electron chi connectivity index (χ4n) is 2.68. The zero-order chi connectivity index (χ0) is 12.8. The lowest BCUT2D eigenvalue weighted by Crippen LogP contribution is -2.71. The lowest BCUT2D eigenvalue weighted by atomic mass is 9.87. The molecule has 1 atom stereocenters. The first-order valence-corrected chi connectivity index (χ1v) is 6.52. The molecule has 0 aromatic carbocycles. The molecule has 3 rings (SSSR count). The van der Waals surface area contributed by atoms with Gasteiger partial charge in [0.15, 0.2) is 0 Å². The Morgan fingerprint density at radius 3 is 2.94 bits per heavy atom. The van der Waals surface area contributed by atoms with E-state index in [4.69, 9.17) is 0 Å². The molecule has 1 aromatic rings. The van der Waals surface area contributed by atoms with Gasteiger partial charge in [0.25, 0.3) is 0 Å². The number of carbonyl (C=O) groups is 1. The van der Waals surface area contributed by atoms with Gasteiger partial charge in [0.1, 0.15) is 17.2 Å². The van der Waals surface area contributed by atoms with Crippen LogP contribution in [0.25, 0.3) is 0 Å². The van der Waals surface area contributed by atoms with E-state index in [0.29, 0.717) is 0 Å². The van der Waals surface area contributed by atoms with Crippen molar-refractivity contribution in [2.45, 2.75) is 38.1 Å². The molecule has 0 aliphatic carbocycles. The van der Waals surface area contributed by atoms with Crippen LogP contribution in [-0.2, 0) is 4.79 Å². The molecule has 1 spiro atoms. The average Bonchev–Trinajstić information content (AvgIpc) is 2.87. The second kappa shape index (κ2) is 4.02. The SMILES string of the molecule is CC(C)c1nccc(N2CC3(CCCN3)C2=O)n1. The molecular weight excluding hydrogens is 228 g/mol. The maximum Gasteiger partial charge on any atom is 0.250 e. The standard InChI is InChI=1S/C13H18N4O/c1-9(2)11-14-7-4-10(16-11)17-8-13(12(17)18)5-3-6-15-13/h4,7,9,15H,3,5-6,8H2,1-2H3. The van der Waals surface area contributed by atoms with Gasteiger partial charge in [-0.05, 0) is 25.5 Å². The molecule has 2 saturated heterocycles. The van der Waals surface area contributed by atoms with E-state index in [1.54, 1.807) is 11.1 Å². The highest BCUT2D eigenvalue weighted by atomic mass is 16.2. The summed E-state index contributed by atoms with van der Waals surface area (Å²) in [5.74, 6) is 1.96. The van der Waals surface area contributed by atoms with Crippen LogP contribution in [0.3, 0.4) is 0 Å². The Kier molecular flexibility index (Phi) is 2.59. The predicted molar refractivity (Wildman–Crippen MR) is 68.4 cm³/mol. The molecule has 2 fully saturated rings. The van der Waals surface area contributed by atoms with E-state index in [1.807, 2.05) is 6.07 Å².